The van der Waals surface area contributed by atoms with E-state index in [1.165, 1.54) is 3.57 Å². The fourth-order valence-corrected chi connectivity index (χ4v) is 6.99. The highest BCUT2D eigenvalue weighted by Gasteiger charge is 2.39. The maximum Gasteiger partial charge on any atom is 0.500 e. The number of hydrogen-bond acceptors (Lipinski definition) is 4. The normalized spacial score (nSPS) is 11.6. The molecule has 0 saturated heterocycles. The van der Waals surface area contributed by atoms with Gasteiger partial charge in [-0.05, 0) is 107 Å². The number of carbonyl (C=O) groups excluding carboxylic acids is 1. The summed E-state index contributed by atoms with van der Waals surface area (Å²) in [5.74, 6) is -0.0521. The van der Waals surface area contributed by atoms with Crippen LogP contribution in [-0.4, -0.2) is 41.1 Å². The van der Waals surface area contributed by atoms with Gasteiger partial charge in [0.05, 0.1) is 0 Å². The lowest BCUT2D eigenvalue weighted by Crippen LogP contribution is -2.46. The highest BCUT2D eigenvalue weighted by Crippen LogP contribution is 2.23. The number of hydrogen-bond donors (Lipinski definition) is 1. The van der Waals surface area contributed by atoms with Gasteiger partial charge in [0.25, 0.3) is 5.91 Å². The van der Waals surface area contributed by atoms with Gasteiger partial charge in [0.15, 0.2) is 0 Å². The molecule has 1 aromatic rings. The topological polar surface area (TPSA) is 56.8 Å². The Balaban J connectivity index is 2.59. The first-order valence-corrected chi connectivity index (χ1v) is 13.4. The maximum atomic E-state index is 12.4. The zero-order chi connectivity index (χ0) is 18.9. The van der Waals surface area contributed by atoms with Crippen LogP contribution in [0.25, 0.3) is 0 Å². The lowest BCUT2D eigenvalue weighted by atomic mass is 10.2. The van der Waals surface area contributed by atoms with Crippen LogP contribution in [0.3, 0.4) is 0 Å². The third kappa shape index (κ3) is 7.85. The van der Waals surface area contributed by atoms with E-state index >= 15 is 0 Å². The van der Waals surface area contributed by atoms with Gasteiger partial charge in [-0.25, -0.2) is 0 Å². The Bertz CT molecular complexity index is 534. The first-order chi connectivity index (χ1) is 11.9. The van der Waals surface area contributed by atoms with Crippen molar-refractivity contribution in [3.63, 3.8) is 0 Å². The van der Waals surface area contributed by atoms with Crippen molar-refractivity contribution in [2.75, 3.05) is 26.4 Å². The summed E-state index contributed by atoms with van der Waals surface area (Å²) in [7, 11) is -2.63. The van der Waals surface area contributed by atoms with Crippen LogP contribution in [0.5, 0.6) is 0 Å². The van der Waals surface area contributed by atoms with Crippen LogP contribution in [0, 0.1) is 10.7 Å². The van der Waals surface area contributed by atoms with Crippen LogP contribution in [-0.2, 0) is 13.3 Å². The Morgan fingerprint density at radius 1 is 1.00 bits per heavy atom. The van der Waals surface area contributed by atoms with E-state index in [1.54, 1.807) is 0 Å². The predicted octanol–water partition coefficient (Wildman–Crippen LogP) is 4.67. The predicted molar refractivity (Wildman–Crippen MR) is 127 cm³/mol. The minimum Gasteiger partial charge on any atom is -0.374 e. The molecule has 0 spiro atoms. The molecule has 1 N–H and O–H groups in total. The Labute approximate surface area is 192 Å². The zero-order valence-electron chi connectivity index (χ0n) is 14.7. The molecule has 0 radical (unpaired) electrons. The molecule has 0 aromatic heterocycles. The summed E-state index contributed by atoms with van der Waals surface area (Å²) in [6.07, 6.45) is 0.760. The third-order valence-corrected chi connectivity index (χ3v) is 11.4. The van der Waals surface area contributed by atoms with E-state index in [0.29, 0.717) is 38.0 Å². The molecular weight excluding hydrogens is 679 g/mol. The number of amides is 1. The summed E-state index contributed by atoms with van der Waals surface area (Å²) < 4.78 is 20.8. The molecule has 0 bridgehead atoms. The Morgan fingerprint density at radius 3 is 1.92 bits per heavy atom. The number of halogens is 3. The van der Waals surface area contributed by atoms with E-state index in [9.17, 15) is 4.79 Å². The summed E-state index contributed by atoms with van der Waals surface area (Å²) in [6, 6.07) is 4.53. The highest BCUT2D eigenvalue weighted by atomic mass is 127. The number of carbonyl (C=O) groups is 1. The lowest BCUT2D eigenvalue weighted by molar-refractivity contribution is 0.0705. The molecule has 1 aromatic carbocycles. The van der Waals surface area contributed by atoms with Crippen molar-refractivity contribution in [1.29, 1.82) is 0 Å². The molecule has 9 heteroatoms. The molecular formula is C16H24I3NO4Si. The van der Waals surface area contributed by atoms with Crippen LogP contribution < -0.4 is 5.32 Å². The Morgan fingerprint density at radius 2 is 1.48 bits per heavy atom. The van der Waals surface area contributed by atoms with E-state index < -0.39 is 8.80 Å². The van der Waals surface area contributed by atoms with Gasteiger partial charge < -0.3 is 18.6 Å². The first kappa shape index (κ1) is 24.0. The van der Waals surface area contributed by atoms with Crippen molar-refractivity contribution in [2.45, 2.75) is 33.2 Å². The first-order valence-electron chi connectivity index (χ1n) is 8.23. The summed E-state index contributed by atoms with van der Waals surface area (Å²) in [6.45, 7) is 8.11. The molecule has 1 amide bonds. The molecule has 1 rings (SSSR count). The molecule has 0 atom stereocenters. The largest absolute Gasteiger partial charge is 0.500 e. The fraction of sp³-hybridized carbons (Fsp3) is 0.562. The van der Waals surface area contributed by atoms with Crippen LogP contribution in [0.1, 0.15) is 37.6 Å². The summed E-state index contributed by atoms with van der Waals surface area (Å²) in [5, 5.41) is 2.98. The van der Waals surface area contributed by atoms with E-state index in [0.717, 1.165) is 13.6 Å². The van der Waals surface area contributed by atoms with Crippen LogP contribution in [0.2, 0.25) is 6.04 Å². The van der Waals surface area contributed by atoms with Crippen molar-refractivity contribution in [2.24, 2.45) is 0 Å². The van der Waals surface area contributed by atoms with Gasteiger partial charge in [0, 0.05) is 48.7 Å². The zero-order valence-corrected chi connectivity index (χ0v) is 22.1. The van der Waals surface area contributed by atoms with Crippen molar-refractivity contribution in [1.82, 2.24) is 5.32 Å². The average molecular weight is 703 g/mol. The van der Waals surface area contributed by atoms with Crippen LogP contribution in [0.4, 0.5) is 0 Å². The average Bonchev–Trinajstić information content (AvgIpc) is 2.56. The van der Waals surface area contributed by atoms with E-state index in [-0.39, 0.29) is 5.91 Å². The van der Waals surface area contributed by atoms with E-state index in [1.807, 2.05) is 32.9 Å². The third-order valence-electron chi connectivity index (χ3n) is 3.28. The van der Waals surface area contributed by atoms with Crippen molar-refractivity contribution in [3.05, 3.63) is 28.4 Å². The second-order valence-corrected chi connectivity index (χ2v) is 11.2. The summed E-state index contributed by atoms with van der Waals surface area (Å²) >= 11 is 6.80. The number of benzene rings is 1. The summed E-state index contributed by atoms with van der Waals surface area (Å²) in [5.41, 5.74) is 0.692. The van der Waals surface area contributed by atoms with Gasteiger partial charge in [0.1, 0.15) is 0 Å². The second-order valence-electron chi connectivity index (χ2n) is 5.10. The quantitative estimate of drug-likeness (QED) is 0.158. The molecule has 0 aliphatic heterocycles. The molecule has 0 unspecified atom stereocenters. The van der Waals surface area contributed by atoms with Gasteiger partial charge in [-0.2, -0.15) is 0 Å². The number of nitrogens with one attached hydrogen (secondary N) is 1. The van der Waals surface area contributed by atoms with Gasteiger partial charge in [-0.3, -0.25) is 4.79 Å². The van der Waals surface area contributed by atoms with Crippen LogP contribution in [0.15, 0.2) is 12.1 Å². The molecule has 0 fully saturated rings. The molecule has 142 valence electrons. The van der Waals surface area contributed by atoms with E-state index in [4.69, 9.17) is 13.3 Å². The van der Waals surface area contributed by atoms with Gasteiger partial charge in [-0.15, -0.1) is 0 Å². The molecule has 0 aliphatic carbocycles. The standard InChI is InChI=1S/C16H24I3NO4Si/c1-4-22-25(23-5-2,24-6-3)9-7-8-20-16(21)12-10-13(17)15(19)14(18)11-12/h10-11H,4-9H2,1-3H3,(H,20,21). The molecule has 0 aliphatic rings. The SMILES string of the molecule is CCO[Si](CCCNC(=O)c1cc(I)c(I)c(I)c1)(OCC)OCC. The van der Waals surface area contributed by atoms with Gasteiger partial charge in [-0.1, -0.05) is 0 Å². The monoisotopic (exact) mass is 703 g/mol. The van der Waals surface area contributed by atoms with Crippen molar-refractivity contribution < 1.29 is 18.1 Å². The smallest absolute Gasteiger partial charge is 0.374 e. The van der Waals surface area contributed by atoms with Crippen LogP contribution >= 0.6 is 67.8 Å². The molecule has 5 nitrogen and oxygen atoms in total. The minimum atomic E-state index is -2.63. The van der Waals surface area contributed by atoms with Crippen molar-refractivity contribution in [3.8, 4) is 0 Å². The molecule has 0 saturated carbocycles. The van der Waals surface area contributed by atoms with Crippen molar-refractivity contribution >= 4 is 82.5 Å². The van der Waals surface area contributed by atoms with E-state index in [2.05, 4.69) is 73.1 Å². The highest BCUT2D eigenvalue weighted by molar-refractivity contribution is 14.1. The second kappa shape index (κ2) is 12.4. The fourth-order valence-electron chi connectivity index (χ4n) is 2.30. The van der Waals surface area contributed by atoms with Gasteiger partial charge >= 0.3 is 8.80 Å². The molecule has 0 heterocycles. The molecule has 25 heavy (non-hydrogen) atoms. The lowest BCUT2D eigenvalue weighted by Gasteiger charge is -2.28. The Hall–Kier alpha value is 0.977. The minimum absolute atomic E-state index is 0.0521. The Kier molecular flexibility index (Phi) is 11.9. The van der Waals surface area contributed by atoms with Gasteiger partial charge in [0.2, 0.25) is 0 Å². The number of rotatable bonds is 11. The maximum absolute atomic E-state index is 12.4. The summed E-state index contributed by atoms with van der Waals surface area (Å²) in [4.78, 5) is 12.4.